The van der Waals surface area contributed by atoms with Crippen LogP contribution >= 0.6 is 0 Å². The maximum absolute atomic E-state index is 10.8. The first-order valence-electron chi connectivity index (χ1n) is 4.65. The van der Waals surface area contributed by atoms with Crippen molar-refractivity contribution < 1.29 is 9.53 Å². The van der Waals surface area contributed by atoms with Crippen molar-refractivity contribution in [2.45, 2.75) is 0 Å². The van der Waals surface area contributed by atoms with E-state index in [2.05, 4.69) is 11.1 Å². The molecule has 0 saturated heterocycles. The summed E-state index contributed by atoms with van der Waals surface area (Å²) in [5.41, 5.74) is 5.57. The van der Waals surface area contributed by atoms with E-state index in [0.717, 1.165) is 0 Å². The van der Waals surface area contributed by atoms with Crippen LogP contribution in [0, 0.1) is 6.07 Å². The molecule has 0 bridgehead atoms. The van der Waals surface area contributed by atoms with Crippen molar-refractivity contribution in [3.63, 3.8) is 0 Å². The van der Waals surface area contributed by atoms with Gasteiger partial charge in [0.05, 0.1) is 0 Å². The Morgan fingerprint density at radius 1 is 1.25 bits per heavy atom. The number of hydrogen-bond donors (Lipinski definition) is 1. The molecular weight excluding hydrogens is 204 g/mol. The van der Waals surface area contributed by atoms with Gasteiger partial charge in [-0.25, -0.2) is 4.98 Å². The van der Waals surface area contributed by atoms with Gasteiger partial charge < -0.3 is 10.5 Å². The van der Waals surface area contributed by atoms with Gasteiger partial charge in [0.2, 0.25) is 11.8 Å². The fourth-order valence-electron chi connectivity index (χ4n) is 1.17. The summed E-state index contributed by atoms with van der Waals surface area (Å²) < 4.78 is 5.43. The average Bonchev–Trinajstić information content (AvgIpc) is 2.31. The number of nitrogens with two attached hydrogens (primary N) is 1. The van der Waals surface area contributed by atoms with Crippen LogP contribution in [-0.4, -0.2) is 10.9 Å². The molecule has 1 aromatic heterocycles. The molecule has 0 aliphatic carbocycles. The first-order chi connectivity index (χ1) is 7.75. The molecule has 0 aliphatic heterocycles. The van der Waals surface area contributed by atoms with Crippen LogP contribution in [0.4, 0.5) is 0 Å². The van der Waals surface area contributed by atoms with Gasteiger partial charge in [-0.15, -0.1) is 0 Å². The van der Waals surface area contributed by atoms with Crippen LogP contribution in [0.5, 0.6) is 11.6 Å². The zero-order valence-corrected chi connectivity index (χ0v) is 8.38. The Labute approximate surface area is 92.7 Å². The molecule has 4 heteroatoms. The highest BCUT2D eigenvalue weighted by atomic mass is 16.5. The van der Waals surface area contributed by atoms with Gasteiger partial charge in [-0.2, -0.15) is 0 Å². The van der Waals surface area contributed by atoms with Crippen LogP contribution < -0.4 is 10.5 Å². The second-order valence-electron chi connectivity index (χ2n) is 3.09. The Bertz CT molecular complexity index is 480. The largest absolute Gasteiger partial charge is 0.439 e. The lowest BCUT2D eigenvalue weighted by atomic mass is 10.2. The fourth-order valence-corrected chi connectivity index (χ4v) is 1.17. The van der Waals surface area contributed by atoms with E-state index in [4.69, 9.17) is 10.5 Å². The lowest BCUT2D eigenvalue weighted by molar-refractivity contribution is 0.100. The Morgan fingerprint density at radius 3 is 2.56 bits per heavy atom. The third kappa shape index (κ3) is 2.36. The minimum absolute atomic E-state index is 0.446. The minimum atomic E-state index is -0.459. The molecule has 2 rings (SSSR count). The van der Waals surface area contributed by atoms with E-state index < -0.39 is 5.91 Å². The van der Waals surface area contributed by atoms with Gasteiger partial charge in [-0.1, -0.05) is 0 Å². The Balaban J connectivity index is 2.14. The smallest absolute Gasteiger partial charge is 0.248 e. The molecule has 1 aromatic carbocycles. The molecule has 4 nitrogen and oxygen atoms in total. The number of carbonyl (C=O) groups is 1. The number of nitrogens with zero attached hydrogens (tertiary/aromatic N) is 1. The predicted molar refractivity (Wildman–Crippen MR) is 58.1 cm³/mol. The number of amides is 1. The lowest BCUT2D eigenvalue weighted by Crippen LogP contribution is -2.10. The van der Waals surface area contributed by atoms with E-state index in [-0.39, 0.29) is 0 Å². The monoisotopic (exact) mass is 213 g/mol. The third-order valence-corrected chi connectivity index (χ3v) is 1.95. The molecule has 2 N–H and O–H groups in total. The van der Waals surface area contributed by atoms with Crippen LogP contribution in [-0.2, 0) is 0 Å². The van der Waals surface area contributed by atoms with Crippen molar-refractivity contribution in [1.82, 2.24) is 4.98 Å². The number of carbonyl (C=O) groups excluding carboxylic acids is 1. The highest BCUT2D eigenvalue weighted by Gasteiger charge is 2.01. The molecule has 1 radical (unpaired) electrons. The van der Waals surface area contributed by atoms with Crippen molar-refractivity contribution in [3.05, 3.63) is 54.2 Å². The summed E-state index contributed by atoms with van der Waals surface area (Å²) in [6.45, 7) is 0. The summed E-state index contributed by atoms with van der Waals surface area (Å²) >= 11 is 0. The zero-order valence-electron chi connectivity index (χ0n) is 8.38. The molecule has 16 heavy (non-hydrogen) atoms. The number of ether oxygens (including phenoxy) is 1. The molecular formula is C12H9N2O2. The van der Waals surface area contributed by atoms with E-state index in [1.807, 2.05) is 0 Å². The standard InChI is InChI=1S/C12H9N2O2/c13-12(15)9-4-6-10(7-5-9)16-11-3-1-2-8-14-11/h1,3-8H,(H2,13,15). The molecule has 0 unspecified atom stereocenters. The molecule has 0 saturated carbocycles. The zero-order chi connectivity index (χ0) is 11.4. The third-order valence-electron chi connectivity index (χ3n) is 1.95. The van der Waals surface area contributed by atoms with Crippen molar-refractivity contribution in [3.8, 4) is 11.6 Å². The second kappa shape index (κ2) is 4.44. The van der Waals surface area contributed by atoms with E-state index >= 15 is 0 Å². The van der Waals surface area contributed by atoms with Gasteiger partial charge >= 0.3 is 0 Å². The van der Waals surface area contributed by atoms with Gasteiger partial charge in [0, 0.05) is 23.9 Å². The first kappa shape index (κ1) is 10.2. The van der Waals surface area contributed by atoms with Crippen LogP contribution in [0.25, 0.3) is 0 Å². The van der Waals surface area contributed by atoms with Crippen molar-refractivity contribution in [2.75, 3.05) is 0 Å². The molecule has 0 spiro atoms. The molecule has 0 atom stereocenters. The van der Waals surface area contributed by atoms with Gasteiger partial charge in [0.1, 0.15) is 5.75 Å². The van der Waals surface area contributed by atoms with Gasteiger partial charge in [0.15, 0.2) is 0 Å². The Kier molecular flexibility index (Phi) is 2.82. The number of hydrogen-bond acceptors (Lipinski definition) is 3. The van der Waals surface area contributed by atoms with Crippen LogP contribution in [0.2, 0.25) is 0 Å². The van der Waals surface area contributed by atoms with Crippen molar-refractivity contribution in [2.24, 2.45) is 5.73 Å². The van der Waals surface area contributed by atoms with E-state index in [1.165, 1.54) is 6.20 Å². The average molecular weight is 213 g/mol. The summed E-state index contributed by atoms with van der Waals surface area (Å²) in [6.07, 6.45) is 1.52. The molecule has 1 amide bonds. The summed E-state index contributed by atoms with van der Waals surface area (Å²) in [7, 11) is 0. The number of pyridine rings is 1. The lowest BCUT2D eigenvalue weighted by Gasteiger charge is -2.04. The van der Waals surface area contributed by atoms with Crippen LogP contribution in [0.15, 0.2) is 42.6 Å². The van der Waals surface area contributed by atoms with E-state index in [0.29, 0.717) is 17.2 Å². The molecule has 2 aromatic rings. The van der Waals surface area contributed by atoms with Gasteiger partial charge in [-0.05, 0) is 30.3 Å². The van der Waals surface area contributed by atoms with Gasteiger partial charge in [0.25, 0.3) is 0 Å². The predicted octanol–water partition coefficient (Wildman–Crippen LogP) is 1.77. The minimum Gasteiger partial charge on any atom is -0.439 e. The number of benzene rings is 1. The SMILES string of the molecule is NC(=O)c1ccc(Oc2cc[c]cn2)cc1. The second-order valence-corrected chi connectivity index (χ2v) is 3.09. The highest BCUT2D eigenvalue weighted by molar-refractivity contribution is 5.92. The Morgan fingerprint density at radius 2 is 2.00 bits per heavy atom. The van der Waals surface area contributed by atoms with Crippen LogP contribution in [0.3, 0.4) is 0 Å². The summed E-state index contributed by atoms with van der Waals surface area (Å²) in [5.74, 6) is 0.619. The van der Waals surface area contributed by atoms with E-state index in [1.54, 1.807) is 36.4 Å². The quantitative estimate of drug-likeness (QED) is 0.845. The van der Waals surface area contributed by atoms with Crippen molar-refractivity contribution in [1.29, 1.82) is 0 Å². The normalized spacial score (nSPS) is 9.75. The van der Waals surface area contributed by atoms with E-state index in [9.17, 15) is 4.79 Å². The molecule has 0 fully saturated rings. The maximum Gasteiger partial charge on any atom is 0.248 e. The number of rotatable bonds is 3. The fraction of sp³-hybridized carbons (Fsp3) is 0. The summed E-state index contributed by atoms with van der Waals surface area (Å²) in [4.78, 5) is 14.8. The topological polar surface area (TPSA) is 65.2 Å². The molecule has 1 heterocycles. The van der Waals surface area contributed by atoms with Crippen LogP contribution in [0.1, 0.15) is 10.4 Å². The van der Waals surface area contributed by atoms with Gasteiger partial charge in [-0.3, -0.25) is 4.79 Å². The first-order valence-corrected chi connectivity index (χ1v) is 4.65. The molecule has 79 valence electrons. The van der Waals surface area contributed by atoms with Crippen molar-refractivity contribution >= 4 is 5.91 Å². The summed E-state index contributed by atoms with van der Waals surface area (Å²) in [5, 5.41) is 0. The maximum atomic E-state index is 10.8. The Hall–Kier alpha value is -2.36. The number of primary amides is 1. The summed E-state index contributed by atoms with van der Waals surface area (Å²) in [6, 6.07) is 12.7. The highest BCUT2D eigenvalue weighted by Crippen LogP contribution is 2.18. The molecule has 0 aliphatic rings. The number of aromatic nitrogens is 1.